The Kier molecular flexibility index (Phi) is 6.00. The number of pyridine rings is 1. The highest BCUT2D eigenvalue weighted by molar-refractivity contribution is 6.05. The molecule has 0 radical (unpaired) electrons. The average molecular weight is 382 g/mol. The highest BCUT2D eigenvalue weighted by Crippen LogP contribution is 2.18. The number of para-hydroxylation sites is 1. The number of rotatable bonds is 7. The van der Waals surface area contributed by atoms with E-state index in [2.05, 4.69) is 15.3 Å². The second-order valence-corrected chi connectivity index (χ2v) is 6.25. The van der Waals surface area contributed by atoms with Gasteiger partial charge in [-0.05, 0) is 25.5 Å². The number of fused-ring (bicyclic) bond motifs is 1. The highest BCUT2D eigenvalue weighted by atomic mass is 16.5. The molecule has 0 saturated carbocycles. The minimum absolute atomic E-state index is 0.198. The second-order valence-electron chi connectivity index (χ2n) is 6.25. The molecule has 0 spiro atoms. The Morgan fingerprint density at radius 1 is 1.25 bits per heavy atom. The van der Waals surface area contributed by atoms with E-state index < -0.39 is 17.2 Å². The molecule has 146 valence electrons. The summed E-state index contributed by atoms with van der Waals surface area (Å²) in [4.78, 5) is 43.4. The van der Waals surface area contributed by atoms with Crippen LogP contribution >= 0.6 is 0 Å². The SMILES string of the molecule is CCCn1c(=O)[nH]c(=O)c2cc(C(=O)Nc3ccccc3COCC)cnc21. The van der Waals surface area contributed by atoms with Crippen LogP contribution in [0.1, 0.15) is 36.2 Å². The molecule has 8 heteroatoms. The fraction of sp³-hybridized carbons (Fsp3) is 0.300. The fourth-order valence-electron chi connectivity index (χ4n) is 2.90. The van der Waals surface area contributed by atoms with E-state index in [1.807, 2.05) is 32.0 Å². The van der Waals surface area contributed by atoms with Crippen LogP contribution in [0.25, 0.3) is 11.0 Å². The van der Waals surface area contributed by atoms with Gasteiger partial charge in [-0.1, -0.05) is 25.1 Å². The van der Waals surface area contributed by atoms with Crippen molar-refractivity contribution in [3.05, 3.63) is 68.5 Å². The number of aryl methyl sites for hydroxylation is 1. The summed E-state index contributed by atoms with van der Waals surface area (Å²) in [6.07, 6.45) is 2.08. The Bertz CT molecular complexity index is 1120. The molecule has 0 atom stereocenters. The number of nitrogens with zero attached hydrogens (tertiary/aromatic N) is 2. The topological polar surface area (TPSA) is 106 Å². The number of aromatic amines is 1. The van der Waals surface area contributed by atoms with Crippen LogP contribution in [0.4, 0.5) is 5.69 Å². The Morgan fingerprint density at radius 2 is 2.04 bits per heavy atom. The van der Waals surface area contributed by atoms with E-state index in [9.17, 15) is 14.4 Å². The van der Waals surface area contributed by atoms with Crippen molar-refractivity contribution >= 4 is 22.6 Å². The third-order valence-corrected chi connectivity index (χ3v) is 4.27. The largest absolute Gasteiger partial charge is 0.377 e. The minimum Gasteiger partial charge on any atom is -0.377 e. The van der Waals surface area contributed by atoms with Gasteiger partial charge in [-0.2, -0.15) is 0 Å². The van der Waals surface area contributed by atoms with Crippen molar-refractivity contribution in [1.82, 2.24) is 14.5 Å². The van der Waals surface area contributed by atoms with Crippen molar-refractivity contribution < 1.29 is 9.53 Å². The van der Waals surface area contributed by atoms with E-state index in [1.165, 1.54) is 16.8 Å². The van der Waals surface area contributed by atoms with E-state index in [4.69, 9.17) is 4.74 Å². The average Bonchev–Trinajstić information content (AvgIpc) is 2.70. The van der Waals surface area contributed by atoms with Gasteiger partial charge >= 0.3 is 5.69 Å². The lowest BCUT2D eigenvalue weighted by atomic mass is 10.1. The van der Waals surface area contributed by atoms with E-state index in [-0.39, 0.29) is 16.6 Å². The van der Waals surface area contributed by atoms with Gasteiger partial charge in [0.1, 0.15) is 5.65 Å². The molecule has 0 unspecified atom stereocenters. The van der Waals surface area contributed by atoms with Gasteiger partial charge in [0.15, 0.2) is 0 Å². The molecule has 0 saturated heterocycles. The van der Waals surface area contributed by atoms with Crippen molar-refractivity contribution in [3.63, 3.8) is 0 Å². The van der Waals surface area contributed by atoms with Gasteiger partial charge in [0.25, 0.3) is 11.5 Å². The molecular weight excluding hydrogens is 360 g/mol. The molecule has 2 N–H and O–H groups in total. The van der Waals surface area contributed by atoms with E-state index in [1.54, 1.807) is 6.07 Å². The monoisotopic (exact) mass is 382 g/mol. The molecule has 3 aromatic rings. The van der Waals surface area contributed by atoms with Crippen LogP contribution in [0.15, 0.2) is 46.1 Å². The van der Waals surface area contributed by atoms with Crippen LogP contribution < -0.4 is 16.6 Å². The summed E-state index contributed by atoms with van der Waals surface area (Å²) in [6, 6.07) is 8.80. The zero-order valence-corrected chi connectivity index (χ0v) is 15.8. The number of amides is 1. The van der Waals surface area contributed by atoms with Crippen LogP contribution in [0.2, 0.25) is 0 Å². The summed E-state index contributed by atoms with van der Waals surface area (Å²) in [7, 11) is 0. The third-order valence-electron chi connectivity index (χ3n) is 4.27. The number of H-pyrrole nitrogens is 1. The molecule has 8 nitrogen and oxygen atoms in total. The molecule has 1 amide bonds. The lowest BCUT2D eigenvalue weighted by molar-refractivity contribution is 0.102. The number of hydrogen-bond acceptors (Lipinski definition) is 5. The number of hydrogen-bond donors (Lipinski definition) is 2. The molecule has 1 aromatic carbocycles. The maximum absolute atomic E-state index is 12.7. The van der Waals surface area contributed by atoms with Crippen LogP contribution in [-0.4, -0.2) is 27.0 Å². The first-order chi connectivity index (χ1) is 13.5. The van der Waals surface area contributed by atoms with Gasteiger partial charge in [0.2, 0.25) is 0 Å². The van der Waals surface area contributed by atoms with Crippen molar-refractivity contribution in [2.24, 2.45) is 0 Å². The number of ether oxygens (including phenoxy) is 1. The predicted octanol–water partition coefficient (Wildman–Crippen LogP) is 2.28. The maximum atomic E-state index is 12.7. The van der Waals surface area contributed by atoms with Crippen LogP contribution in [0.5, 0.6) is 0 Å². The van der Waals surface area contributed by atoms with Gasteiger partial charge in [-0.15, -0.1) is 0 Å². The fourth-order valence-corrected chi connectivity index (χ4v) is 2.90. The smallest absolute Gasteiger partial charge is 0.329 e. The van der Waals surface area contributed by atoms with Crippen molar-refractivity contribution in [1.29, 1.82) is 0 Å². The molecular formula is C20H22N4O4. The number of carbonyl (C=O) groups is 1. The standard InChI is InChI=1S/C20H22N4O4/c1-3-9-24-17-15(19(26)23-20(24)27)10-14(11-21-17)18(25)22-16-8-6-5-7-13(16)12-28-4-2/h5-8,10-11H,3-4,9,12H2,1-2H3,(H,22,25)(H,23,26,27). The lowest BCUT2D eigenvalue weighted by Crippen LogP contribution is -2.31. The normalized spacial score (nSPS) is 10.9. The summed E-state index contributed by atoms with van der Waals surface area (Å²) >= 11 is 0. The highest BCUT2D eigenvalue weighted by Gasteiger charge is 2.14. The molecule has 3 rings (SSSR count). The Morgan fingerprint density at radius 3 is 2.79 bits per heavy atom. The second kappa shape index (κ2) is 8.62. The number of carbonyl (C=O) groups excluding carboxylic acids is 1. The quantitative estimate of drug-likeness (QED) is 0.652. The number of benzene rings is 1. The Balaban J connectivity index is 1.95. The van der Waals surface area contributed by atoms with Crippen molar-refractivity contribution in [3.8, 4) is 0 Å². The van der Waals surface area contributed by atoms with E-state index >= 15 is 0 Å². The maximum Gasteiger partial charge on any atom is 0.329 e. The Hall–Kier alpha value is -3.26. The molecule has 2 heterocycles. The van der Waals surface area contributed by atoms with Gasteiger partial charge in [0, 0.05) is 30.6 Å². The Labute approximate surface area is 161 Å². The summed E-state index contributed by atoms with van der Waals surface area (Å²) in [5.74, 6) is -0.397. The summed E-state index contributed by atoms with van der Waals surface area (Å²) in [5.41, 5.74) is 0.905. The van der Waals surface area contributed by atoms with Crippen molar-refractivity contribution in [2.75, 3.05) is 11.9 Å². The minimum atomic E-state index is -0.564. The number of nitrogens with one attached hydrogen (secondary N) is 2. The van der Waals surface area contributed by atoms with Crippen molar-refractivity contribution in [2.45, 2.75) is 33.4 Å². The predicted molar refractivity (Wildman–Crippen MR) is 107 cm³/mol. The van der Waals surface area contributed by atoms with Gasteiger partial charge < -0.3 is 10.1 Å². The van der Waals surface area contributed by atoms with Crippen LogP contribution in [0.3, 0.4) is 0 Å². The number of anilines is 1. The molecule has 0 aliphatic carbocycles. The molecule has 0 aliphatic heterocycles. The summed E-state index contributed by atoms with van der Waals surface area (Å²) in [5, 5.41) is 3.03. The van der Waals surface area contributed by atoms with Gasteiger partial charge in [-0.25, -0.2) is 9.78 Å². The lowest BCUT2D eigenvalue weighted by Gasteiger charge is -2.12. The number of aromatic nitrogens is 3. The first-order valence-electron chi connectivity index (χ1n) is 9.15. The first-order valence-corrected chi connectivity index (χ1v) is 9.15. The molecule has 0 fully saturated rings. The zero-order chi connectivity index (χ0) is 20.1. The van der Waals surface area contributed by atoms with Crippen LogP contribution in [0, 0.1) is 0 Å². The molecule has 0 bridgehead atoms. The first kappa shape index (κ1) is 19.5. The summed E-state index contributed by atoms with van der Waals surface area (Å²) < 4.78 is 6.83. The van der Waals surface area contributed by atoms with Crippen LogP contribution in [-0.2, 0) is 17.9 Å². The van der Waals surface area contributed by atoms with Gasteiger partial charge in [0.05, 0.1) is 17.6 Å². The van der Waals surface area contributed by atoms with E-state index in [0.717, 1.165) is 5.56 Å². The van der Waals surface area contributed by atoms with Gasteiger partial charge in [-0.3, -0.25) is 19.1 Å². The molecule has 2 aromatic heterocycles. The summed E-state index contributed by atoms with van der Waals surface area (Å²) in [6.45, 7) is 5.20. The third kappa shape index (κ3) is 4.01. The molecule has 0 aliphatic rings. The van der Waals surface area contributed by atoms with E-state index in [0.29, 0.717) is 31.9 Å². The molecule has 28 heavy (non-hydrogen) atoms. The zero-order valence-electron chi connectivity index (χ0n) is 15.8.